The number of halogens is 1. The highest BCUT2D eigenvalue weighted by Gasteiger charge is 2.24. The van der Waals surface area contributed by atoms with Gasteiger partial charge in [0, 0.05) is 19.6 Å². The third-order valence-corrected chi connectivity index (χ3v) is 7.86. The third-order valence-electron chi connectivity index (χ3n) is 5.95. The van der Waals surface area contributed by atoms with E-state index >= 15 is 0 Å². The second kappa shape index (κ2) is 10.1. The number of carbonyl (C=O) groups is 2. The minimum absolute atomic E-state index is 0. The van der Waals surface area contributed by atoms with Crippen LogP contribution >= 0.6 is 35.5 Å². The summed E-state index contributed by atoms with van der Waals surface area (Å²) in [5.41, 5.74) is 1.84. The standard InChI is InChI=1S/C23H24N4O2S2.ClH/c28-22(19-14-17-15-25-20-6-1-7-21(31-19)27(17)20)24-10-2-4-16-8-11-26(12-9-16)23(29)18-5-3-13-30-18;/h1,3,5-7,13-16H,2,4,8-12H2,(H,24,28);1H. The van der Waals surface area contributed by atoms with Gasteiger partial charge < -0.3 is 10.2 Å². The van der Waals surface area contributed by atoms with Crippen LogP contribution in [0, 0.1) is 5.92 Å². The Kier molecular flexibility index (Phi) is 7.23. The first-order valence-corrected chi connectivity index (χ1v) is 12.4. The molecule has 1 fully saturated rings. The second-order valence-electron chi connectivity index (χ2n) is 7.96. The summed E-state index contributed by atoms with van der Waals surface area (Å²) >= 11 is 3.00. The first-order chi connectivity index (χ1) is 15.2. The number of pyridine rings is 1. The zero-order valence-electron chi connectivity index (χ0n) is 17.5. The van der Waals surface area contributed by atoms with Gasteiger partial charge in [-0.1, -0.05) is 23.9 Å². The molecule has 5 heterocycles. The van der Waals surface area contributed by atoms with E-state index in [9.17, 15) is 9.59 Å². The van der Waals surface area contributed by atoms with E-state index in [0.29, 0.717) is 17.4 Å². The van der Waals surface area contributed by atoms with Gasteiger partial charge in [-0.25, -0.2) is 4.98 Å². The van der Waals surface area contributed by atoms with Crippen LogP contribution in [-0.2, 0) is 4.79 Å². The maximum Gasteiger partial charge on any atom is 0.263 e. The Balaban J connectivity index is 0.00000245. The fourth-order valence-corrected chi connectivity index (χ4v) is 5.96. The molecule has 0 bridgehead atoms. The molecule has 1 saturated heterocycles. The van der Waals surface area contributed by atoms with Crippen molar-refractivity contribution < 1.29 is 9.59 Å². The number of thiophene rings is 1. The molecule has 0 saturated carbocycles. The van der Waals surface area contributed by atoms with Crippen molar-refractivity contribution in [3.8, 4) is 0 Å². The summed E-state index contributed by atoms with van der Waals surface area (Å²) < 4.78 is 2.07. The molecule has 2 aliphatic heterocycles. The van der Waals surface area contributed by atoms with Crippen molar-refractivity contribution in [1.29, 1.82) is 0 Å². The van der Waals surface area contributed by atoms with Gasteiger partial charge in [0.05, 0.1) is 26.7 Å². The Bertz CT molecular complexity index is 1130. The summed E-state index contributed by atoms with van der Waals surface area (Å²) in [5.74, 6) is 0.765. The average Bonchev–Trinajstić information content (AvgIpc) is 3.48. The van der Waals surface area contributed by atoms with E-state index in [1.165, 1.54) is 23.1 Å². The zero-order chi connectivity index (χ0) is 21.2. The minimum Gasteiger partial charge on any atom is -0.352 e. The number of imidazole rings is 1. The molecular formula is C23H25ClN4O2S2. The van der Waals surface area contributed by atoms with Crippen LogP contribution in [0.15, 0.2) is 51.8 Å². The average molecular weight is 489 g/mol. The molecule has 0 atom stereocenters. The van der Waals surface area contributed by atoms with Crippen molar-refractivity contribution in [2.75, 3.05) is 19.6 Å². The number of likely N-dealkylation sites (tertiary alicyclic amines) is 1. The number of piperidine rings is 1. The molecule has 9 heteroatoms. The predicted molar refractivity (Wildman–Crippen MR) is 131 cm³/mol. The van der Waals surface area contributed by atoms with Crippen LogP contribution < -0.4 is 5.32 Å². The monoisotopic (exact) mass is 488 g/mol. The molecule has 3 aromatic rings. The predicted octanol–water partition coefficient (Wildman–Crippen LogP) is 4.71. The topological polar surface area (TPSA) is 66.7 Å². The molecule has 0 unspecified atom stereocenters. The summed E-state index contributed by atoms with van der Waals surface area (Å²) in [6.45, 7) is 2.33. The van der Waals surface area contributed by atoms with E-state index in [4.69, 9.17) is 0 Å². The van der Waals surface area contributed by atoms with Gasteiger partial charge in [0.15, 0.2) is 0 Å². The van der Waals surface area contributed by atoms with Crippen molar-refractivity contribution in [2.24, 2.45) is 5.92 Å². The number of rotatable bonds is 6. The highest BCUT2D eigenvalue weighted by atomic mass is 35.5. The second-order valence-corrected chi connectivity index (χ2v) is 9.97. The van der Waals surface area contributed by atoms with Gasteiger partial charge in [-0.2, -0.15) is 0 Å². The SMILES string of the molecule is Cl.O=C(NCCCC1CCN(C(=O)c2cccs2)CC1)C1=Cc2cnc3cccc(n23)S1. The molecule has 0 spiro atoms. The van der Waals surface area contributed by atoms with Crippen molar-refractivity contribution >= 4 is 59.0 Å². The van der Waals surface area contributed by atoms with E-state index in [0.717, 1.165) is 60.0 Å². The normalized spacial score (nSPS) is 15.9. The van der Waals surface area contributed by atoms with Gasteiger partial charge in [0.1, 0.15) is 5.65 Å². The maximum absolute atomic E-state index is 12.7. The van der Waals surface area contributed by atoms with Gasteiger partial charge in [-0.3, -0.25) is 14.0 Å². The highest BCUT2D eigenvalue weighted by Crippen LogP contribution is 2.34. The molecule has 0 radical (unpaired) electrons. The molecule has 32 heavy (non-hydrogen) atoms. The van der Waals surface area contributed by atoms with Crippen LogP contribution in [0.4, 0.5) is 0 Å². The molecule has 5 rings (SSSR count). The lowest BCUT2D eigenvalue weighted by Gasteiger charge is -2.31. The van der Waals surface area contributed by atoms with Crippen LogP contribution in [0.2, 0.25) is 0 Å². The number of amides is 2. The van der Waals surface area contributed by atoms with Gasteiger partial charge >= 0.3 is 0 Å². The molecule has 2 amide bonds. The zero-order valence-corrected chi connectivity index (χ0v) is 20.0. The fraction of sp³-hybridized carbons (Fsp3) is 0.348. The van der Waals surface area contributed by atoms with Crippen LogP contribution in [0.5, 0.6) is 0 Å². The van der Waals surface area contributed by atoms with Gasteiger partial charge in [0.2, 0.25) is 0 Å². The Morgan fingerprint density at radius 2 is 2.00 bits per heavy atom. The first-order valence-electron chi connectivity index (χ1n) is 10.7. The molecule has 0 aromatic carbocycles. The Hall–Kier alpha value is -2.29. The van der Waals surface area contributed by atoms with Crippen molar-refractivity contribution in [2.45, 2.75) is 30.7 Å². The lowest BCUT2D eigenvalue weighted by atomic mass is 9.92. The molecule has 2 aliphatic rings. The number of nitrogens with zero attached hydrogens (tertiary/aromatic N) is 3. The number of carbonyl (C=O) groups excluding carboxylic acids is 2. The molecule has 3 aromatic heterocycles. The number of thioether (sulfide) groups is 1. The number of aromatic nitrogens is 2. The Morgan fingerprint density at radius 3 is 2.78 bits per heavy atom. The van der Waals surface area contributed by atoms with Crippen LogP contribution in [0.25, 0.3) is 11.7 Å². The summed E-state index contributed by atoms with van der Waals surface area (Å²) in [4.78, 5) is 33.0. The number of hydrogen-bond acceptors (Lipinski definition) is 5. The fourth-order valence-electron chi connectivity index (χ4n) is 4.26. The largest absolute Gasteiger partial charge is 0.352 e. The highest BCUT2D eigenvalue weighted by molar-refractivity contribution is 8.04. The smallest absolute Gasteiger partial charge is 0.263 e. The van der Waals surface area contributed by atoms with E-state index < -0.39 is 0 Å². The summed E-state index contributed by atoms with van der Waals surface area (Å²) in [6.07, 6.45) is 7.84. The van der Waals surface area contributed by atoms with Crippen molar-refractivity contribution in [1.82, 2.24) is 19.6 Å². The van der Waals surface area contributed by atoms with E-state index in [-0.39, 0.29) is 24.2 Å². The molecule has 168 valence electrons. The van der Waals surface area contributed by atoms with Gasteiger partial charge in [0.25, 0.3) is 11.8 Å². The van der Waals surface area contributed by atoms with Crippen molar-refractivity contribution in [3.05, 3.63) is 57.4 Å². The molecular weight excluding hydrogens is 464 g/mol. The molecule has 1 N–H and O–H groups in total. The lowest BCUT2D eigenvalue weighted by Crippen LogP contribution is -2.38. The summed E-state index contributed by atoms with van der Waals surface area (Å²) in [7, 11) is 0. The first kappa shape index (κ1) is 22.9. The van der Waals surface area contributed by atoms with E-state index in [1.807, 2.05) is 46.7 Å². The lowest BCUT2D eigenvalue weighted by molar-refractivity contribution is -0.116. The summed E-state index contributed by atoms with van der Waals surface area (Å²) in [6, 6.07) is 9.77. The van der Waals surface area contributed by atoms with Crippen LogP contribution in [-0.4, -0.2) is 45.7 Å². The quantitative estimate of drug-likeness (QED) is 0.510. The van der Waals surface area contributed by atoms with Crippen LogP contribution in [0.1, 0.15) is 41.0 Å². The van der Waals surface area contributed by atoms with Crippen LogP contribution in [0.3, 0.4) is 0 Å². The number of nitrogens with one attached hydrogen (secondary N) is 1. The van der Waals surface area contributed by atoms with Crippen molar-refractivity contribution in [3.63, 3.8) is 0 Å². The van der Waals surface area contributed by atoms with E-state index in [2.05, 4.69) is 14.7 Å². The van der Waals surface area contributed by atoms with Gasteiger partial charge in [-0.05, 0) is 61.3 Å². The Morgan fingerprint density at radius 1 is 1.16 bits per heavy atom. The van der Waals surface area contributed by atoms with E-state index in [1.54, 1.807) is 6.20 Å². The molecule has 6 nitrogen and oxygen atoms in total. The molecule has 0 aliphatic carbocycles. The number of hydrogen-bond donors (Lipinski definition) is 1. The van der Waals surface area contributed by atoms with Gasteiger partial charge in [-0.15, -0.1) is 23.7 Å². The Labute approximate surface area is 201 Å². The summed E-state index contributed by atoms with van der Waals surface area (Å²) in [5, 5.41) is 6.04. The minimum atomic E-state index is -0.0224. The third kappa shape index (κ3) is 4.72. The maximum atomic E-state index is 12.7.